The highest BCUT2D eigenvalue weighted by molar-refractivity contribution is 5.87. The second-order valence-corrected chi connectivity index (χ2v) is 7.66. The monoisotopic (exact) mass is 402 g/mol. The number of likely N-dealkylation sites (N-methyl/N-ethyl adjacent to an activating group) is 1. The maximum absolute atomic E-state index is 13.8. The van der Waals surface area contributed by atoms with Gasteiger partial charge < -0.3 is 20.1 Å². The van der Waals surface area contributed by atoms with Crippen molar-refractivity contribution in [2.24, 2.45) is 11.8 Å². The average molecular weight is 402 g/mol. The SMILES string of the molecule is COc1cccc([C@@](O)(C(=O)N(C)CC(C)CC2CCNCC2)C(F)(F)F)c1. The van der Waals surface area contributed by atoms with Gasteiger partial charge in [-0.25, -0.2) is 0 Å². The van der Waals surface area contributed by atoms with Crippen LogP contribution in [0.2, 0.25) is 0 Å². The molecule has 0 saturated carbocycles. The Morgan fingerprint density at radius 3 is 2.57 bits per heavy atom. The number of rotatable bonds is 7. The van der Waals surface area contributed by atoms with E-state index in [0.29, 0.717) is 5.92 Å². The molecular formula is C20H29F3N2O3. The molecule has 1 fully saturated rings. The third-order valence-electron chi connectivity index (χ3n) is 5.33. The van der Waals surface area contributed by atoms with Gasteiger partial charge in [0.15, 0.2) is 0 Å². The number of nitrogens with one attached hydrogen (secondary N) is 1. The Balaban J connectivity index is 2.17. The molecule has 1 amide bonds. The number of ether oxygens (including phenoxy) is 1. The Morgan fingerprint density at radius 1 is 1.36 bits per heavy atom. The molecule has 2 rings (SSSR count). The number of carbonyl (C=O) groups excluding carboxylic acids is 1. The first kappa shape index (κ1) is 22.5. The van der Waals surface area contributed by atoms with Gasteiger partial charge in [0.2, 0.25) is 0 Å². The Morgan fingerprint density at radius 2 is 2.00 bits per heavy atom. The Bertz CT molecular complexity index is 662. The lowest BCUT2D eigenvalue weighted by Crippen LogP contribution is -2.55. The molecule has 1 heterocycles. The van der Waals surface area contributed by atoms with E-state index in [-0.39, 0.29) is 18.2 Å². The van der Waals surface area contributed by atoms with Crippen molar-refractivity contribution in [3.05, 3.63) is 29.8 Å². The molecule has 8 heteroatoms. The molecule has 1 aliphatic heterocycles. The topological polar surface area (TPSA) is 61.8 Å². The summed E-state index contributed by atoms with van der Waals surface area (Å²) in [5.41, 5.74) is -4.17. The van der Waals surface area contributed by atoms with E-state index in [2.05, 4.69) is 5.32 Å². The second-order valence-electron chi connectivity index (χ2n) is 7.66. The average Bonchev–Trinajstić information content (AvgIpc) is 2.66. The van der Waals surface area contributed by atoms with Crippen LogP contribution in [-0.2, 0) is 10.4 Å². The lowest BCUT2D eigenvalue weighted by molar-refractivity contribution is -0.261. The summed E-state index contributed by atoms with van der Waals surface area (Å²) < 4.78 is 46.3. The fourth-order valence-corrected chi connectivity index (χ4v) is 3.84. The van der Waals surface area contributed by atoms with Gasteiger partial charge in [0.1, 0.15) is 5.75 Å². The number of hydrogen-bond acceptors (Lipinski definition) is 4. The molecule has 0 spiro atoms. The van der Waals surface area contributed by atoms with E-state index >= 15 is 0 Å². The van der Waals surface area contributed by atoms with Crippen LogP contribution in [0.1, 0.15) is 31.7 Å². The zero-order valence-electron chi connectivity index (χ0n) is 16.6. The predicted octanol–water partition coefficient (Wildman–Crippen LogP) is 2.93. The molecule has 2 N–H and O–H groups in total. The van der Waals surface area contributed by atoms with Crippen molar-refractivity contribution in [1.29, 1.82) is 0 Å². The van der Waals surface area contributed by atoms with Crippen LogP contribution in [0.3, 0.4) is 0 Å². The van der Waals surface area contributed by atoms with Crippen molar-refractivity contribution < 1.29 is 27.8 Å². The molecular weight excluding hydrogens is 373 g/mol. The van der Waals surface area contributed by atoms with Crippen LogP contribution in [0.4, 0.5) is 13.2 Å². The van der Waals surface area contributed by atoms with E-state index in [4.69, 9.17) is 4.74 Å². The van der Waals surface area contributed by atoms with Crippen LogP contribution in [0, 0.1) is 11.8 Å². The van der Waals surface area contributed by atoms with Crippen LogP contribution in [0.5, 0.6) is 5.75 Å². The summed E-state index contributed by atoms with van der Waals surface area (Å²) in [6, 6.07) is 4.89. The molecule has 1 aromatic rings. The Hall–Kier alpha value is -1.80. The van der Waals surface area contributed by atoms with Crippen molar-refractivity contribution in [3.8, 4) is 5.75 Å². The molecule has 158 valence electrons. The standard InChI is InChI=1S/C20H29F3N2O3/c1-14(11-15-7-9-24-10-8-15)13-25(2)18(26)19(27,20(21,22)23)16-5-4-6-17(12-16)28-3/h4-6,12,14-15,24,27H,7-11,13H2,1-3H3/t14?,19-/m1/s1. The highest BCUT2D eigenvalue weighted by Crippen LogP contribution is 2.41. The number of nitrogens with zero attached hydrogens (tertiary/aromatic N) is 1. The van der Waals surface area contributed by atoms with Gasteiger partial charge in [0.05, 0.1) is 7.11 Å². The van der Waals surface area contributed by atoms with Crippen molar-refractivity contribution in [3.63, 3.8) is 0 Å². The molecule has 0 bridgehead atoms. The van der Waals surface area contributed by atoms with Crippen LogP contribution in [-0.4, -0.2) is 55.9 Å². The van der Waals surface area contributed by atoms with E-state index in [1.54, 1.807) is 0 Å². The number of amides is 1. The number of carbonyl (C=O) groups is 1. The highest BCUT2D eigenvalue weighted by Gasteiger charge is 2.61. The van der Waals surface area contributed by atoms with E-state index in [0.717, 1.165) is 49.4 Å². The smallest absolute Gasteiger partial charge is 0.430 e. The zero-order chi connectivity index (χ0) is 20.9. The molecule has 28 heavy (non-hydrogen) atoms. The summed E-state index contributed by atoms with van der Waals surface area (Å²) in [6.07, 6.45) is -2.28. The molecule has 1 unspecified atom stereocenters. The van der Waals surface area contributed by atoms with Gasteiger partial charge in [-0.05, 0) is 56.3 Å². The highest BCUT2D eigenvalue weighted by atomic mass is 19.4. The Kier molecular flexibility index (Phi) is 7.33. The third kappa shape index (κ3) is 4.97. The van der Waals surface area contributed by atoms with Crippen LogP contribution < -0.4 is 10.1 Å². The van der Waals surface area contributed by atoms with Gasteiger partial charge in [0.25, 0.3) is 11.5 Å². The molecule has 2 atom stereocenters. The summed E-state index contributed by atoms with van der Waals surface area (Å²) in [7, 11) is 2.61. The fourth-order valence-electron chi connectivity index (χ4n) is 3.84. The van der Waals surface area contributed by atoms with E-state index < -0.39 is 23.2 Å². The van der Waals surface area contributed by atoms with Gasteiger partial charge in [-0.1, -0.05) is 19.1 Å². The third-order valence-corrected chi connectivity index (χ3v) is 5.33. The summed E-state index contributed by atoms with van der Waals surface area (Å²) in [6.45, 7) is 3.95. The van der Waals surface area contributed by atoms with Gasteiger partial charge in [-0.3, -0.25) is 4.79 Å². The van der Waals surface area contributed by atoms with Gasteiger partial charge >= 0.3 is 6.18 Å². The summed E-state index contributed by atoms with van der Waals surface area (Å²) in [5, 5.41) is 13.8. The van der Waals surface area contributed by atoms with Gasteiger partial charge in [0, 0.05) is 19.2 Å². The molecule has 5 nitrogen and oxygen atoms in total. The van der Waals surface area contributed by atoms with Crippen molar-refractivity contribution in [1.82, 2.24) is 10.2 Å². The van der Waals surface area contributed by atoms with E-state index in [9.17, 15) is 23.1 Å². The lowest BCUT2D eigenvalue weighted by Gasteiger charge is -2.35. The first-order valence-electron chi connectivity index (χ1n) is 9.49. The Labute approximate surface area is 163 Å². The summed E-state index contributed by atoms with van der Waals surface area (Å²) in [5.74, 6) is -0.722. The van der Waals surface area contributed by atoms with Crippen molar-refractivity contribution >= 4 is 5.91 Å². The molecule has 1 aliphatic rings. The number of piperidine rings is 1. The van der Waals surface area contributed by atoms with Crippen LogP contribution >= 0.6 is 0 Å². The normalized spacial score (nSPS) is 19.0. The summed E-state index contributed by atoms with van der Waals surface area (Å²) in [4.78, 5) is 13.7. The number of halogens is 3. The fraction of sp³-hybridized carbons (Fsp3) is 0.650. The predicted molar refractivity (Wildman–Crippen MR) is 100.0 cm³/mol. The number of alkyl halides is 3. The number of benzene rings is 1. The lowest BCUT2D eigenvalue weighted by atomic mass is 9.87. The first-order chi connectivity index (χ1) is 13.1. The number of aliphatic hydroxyl groups is 1. The van der Waals surface area contributed by atoms with E-state index in [1.165, 1.54) is 26.3 Å². The zero-order valence-corrected chi connectivity index (χ0v) is 16.6. The largest absolute Gasteiger partial charge is 0.497 e. The van der Waals surface area contributed by atoms with Crippen LogP contribution in [0.25, 0.3) is 0 Å². The maximum Gasteiger partial charge on any atom is 0.430 e. The minimum Gasteiger partial charge on any atom is -0.497 e. The molecule has 1 aromatic carbocycles. The van der Waals surface area contributed by atoms with Crippen molar-refractivity contribution in [2.75, 3.05) is 33.8 Å². The quantitative estimate of drug-likeness (QED) is 0.736. The minimum atomic E-state index is -5.16. The van der Waals surface area contributed by atoms with Crippen molar-refractivity contribution in [2.45, 2.75) is 38.0 Å². The van der Waals surface area contributed by atoms with Crippen LogP contribution in [0.15, 0.2) is 24.3 Å². The van der Waals surface area contributed by atoms with Gasteiger partial charge in [-0.2, -0.15) is 13.2 Å². The number of methoxy groups -OCH3 is 1. The maximum atomic E-state index is 13.8. The second kappa shape index (κ2) is 9.13. The molecule has 0 aromatic heterocycles. The molecule has 0 radical (unpaired) electrons. The minimum absolute atomic E-state index is 0.0276. The summed E-state index contributed by atoms with van der Waals surface area (Å²) >= 11 is 0. The van der Waals surface area contributed by atoms with Gasteiger partial charge in [-0.15, -0.1) is 0 Å². The molecule has 1 saturated heterocycles. The first-order valence-corrected chi connectivity index (χ1v) is 9.49. The molecule has 0 aliphatic carbocycles. The number of hydrogen-bond donors (Lipinski definition) is 2. The van der Waals surface area contributed by atoms with E-state index in [1.807, 2.05) is 6.92 Å².